The fourth-order valence-electron chi connectivity index (χ4n) is 4.44. The smallest absolute Gasteiger partial charge is 0.417 e. The summed E-state index contributed by atoms with van der Waals surface area (Å²) in [7, 11) is -7.15. The molecular formula is C27H27ClF3N3O6S2. The number of halogens is 4. The molecule has 1 aliphatic heterocycles. The topological polar surface area (TPSA) is 113 Å². The number of sulfonamides is 2. The predicted molar refractivity (Wildman–Crippen MR) is 152 cm³/mol. The second kappa shape index (κ2) is 12.5. The van der Waals surface area contributed by atoms with Crippen LogP contribution in [0.1, 0.15) is 24.8 Å². The first-order valence-corrected chi connectivity index (χ1v) is 15.9. The van der Waals surface area contributed by atoms with Gasteiger partial charge < -0.3 is 10.1 Å². The molecule has 1 fully saturated rings. The summed E-state index contributed by atoms with van der Waals surface area (Å²) in [5, 5.41) is 1.81. The minimum Gasteiger partial charge on any atom is -0.495 e. The molecule has 1 aliphatic rings. The molecule has 3 aromatic carbocycles. The Bertz CT molecular complexity index is 1660. The van der Waals surface area contributed by atoms with Crippen molar-refractivity contribution in [2.45, 2.75) is 35.2 Å². The maximum atomic E-state index is 13.6. The highest BCUT2D eigenvalue weighted by atomic mass is 35.5. The number of benzene rings is 3. The summed E-state index contributed by atoms with van der Waals surface area (Å²) in [6.45, 7) is -0.255. The summed E-state index contributed by atoms with van der Waals surface area (Å²) >= 11 is 5.74. The molecule has 0 atom stereocenters. The number of nitrogens with one attached hydrogen (secondary N) is 1. The third kappa shape index (κ3) is 6.83. The number of rotatable bonds is 9. The number of piperidine rings is 1. The Morgan fingerprint density at radius 2 is 1.62 bits per heavy atom. The highest BCUT2D eigenvalue weighted by molar-refractivity contribution is 7.92. The summed E-state index contributed by atoms with van der Waals surface area (Å²) in [6.07, 6.45) is -2.56. The van der Waals surface area contributed by atoms with Crippen molar-refractivity contribution >= 4 is 48.9 Å². The Morgan fingerprint density at radius 1 is 0.952 bits per heavy atom. The molecule has 3 aromatic rings. The number of hydrogen-bond acceptors (Lipinski definition) is 6. The van der Waals surface area contributed by atoms with E-state index in [1.165, 1.54) is 53.9 Å². The zero-order valence-electron chi connectivity index (χ0n) is 22.3. The van der Waals surface area contributed by atoms with Crippen LogP contribution in [0.15, 0.2) is 76.5 Å². The van der Waals surface area contributed by atoms with Gasteiger partial charge in [-0.3, -0.25) is 9.10 Å². The summed E-state index contributed by atoms with van der Waals surface area (Å²) < 4.78 is 102. The van der Waals surface area contributed by atoms with Gasteiger partial charge in [0.1, 0.15) is 12.3 Å². The molecule has 1 N–H and O–H groups in total. The maximum absolute atomic E-state index is 13.6. The van der Waals surface area contributed by atoms with Crippen molar-refractivity contribution in [2.24, 2.45) is 0 Å². The zero-order valence-corrected chi connectivity index (χ0v) is 24.7. The van der Waals surface area contributed by atoms with Gasteiger partial charge in [0.2, 0.25) is 15.9 Å². The lowest BCUT2D eigenvalue weighted by molar-refractivity contribution is -0.137. The van der Waals surface area contributed by atoms with Crippen LogP contribution in [0.4, 0.5) is 24.5 Å². The van der Waals surface area contributed by atoms with Crippen LogP contribution in [0.3, 0.4) is 0 Å². The van der Waals surface area contributed by atoms with Crippen LogP contribution in [0.2, 0.25) is 5.02 Å². The van der Waals surface area contributed by atoms with Gasteiger partial charge in [-0.1, -0.05) is 36.2 Å². The molecule has 0 bridgehead atoms. The zero-order chi connectivity index (χ0) is 30.7. The molecule has 0 saturated carbocycles. The van der Waals surface area contributed by atoms with Crippen LogP contribution in [0.5, 0.6) is 5.75 Å². The lowest BCUT2D eigenvalue weighted by Crippen LogP contribution is -2.38. The van der Waals surface area contributed by atoms with E-state index in [1.54, 1.807) is 6.07 Å². The average Bonchev–Trinajstić information content (AvgIpc) is 2.96. The summed E-state index contributed by atoms with van der Waals surface area (Å²) in [4.78, 5) is 12.9. The maximum Gasteiger partial charge on any atom is 0.417 e. The van der Waals surface area contributed by atoms with E-state index in [1.807, 2.05) is 0 Å². The fourth-order valence-corrected chi connectivity index (χ4v) is 7.64. The number of carbonyl (C=O) groups excluding carboxylic acids is 1. The third-order valence-electron chi connectivity index (χ3n) is 6.56. The number of ether oxygens (including phenoxy) is 1. The molecular weight excluding hydrogens is 619 g/mol. The third-order valence-corrected chi connectivity index (χ3v) is 10.6. The highest BCUT2D eigenvalue weighted by Gasteiger charge is 2.36. The van der Waals surface area contributed by atoms with Gasteiger partial charge in [0.15, 0.2) is 0 Å². The molecule has 15 heteroatoms. The van der Waals surface area contributed by atoms with E-state index in [-0.39, 0.29) is 21.2 Å². The minimum absolute atomic E-state index is 0.0651. The Morgan fingerprint density at radius 3 is 2.24 bits per heavy atom. The number of nitrogens with zero attached hydrogens (tertiary/aromatic N) is 2. The van der Waals surface area contributed by atoms with Crippen molar-refractivity contribution in [2.75, 3.05) is 36.4 Å². The Hall–Kier alpha value is -3.33. The average molecular weight is 646 g/mol. The molecule has 0 radical (unpaired) electrons. The van der Waals surface area contributed by atoms with Crippen LogP contribution in [0, 0.1) is 0 Å². The first kappa shape index (κ1) is 31.6. The van der Waals surface area contributed by atoms with Gasteiger partial charge in [0.05, 0.1) is 38.9 Å². The molecule has 1 amide bonds. The monoisotopic (exact) mass is 645 g/mol. The molecule has 0 aliphatic carbocycles. The lowest BCUT2D eigenvalue weighted by Gasteiger charge is -2.26. The van der Waals surface area contributed by atoms with Crippen molar-refractivity contribution in [3.63, 3.8) is 0 Å². The molecule has 0 aromatic heterocycles. The number of alkyl halides is 3. The van der Waals surface area contributed by atoms with Crippen molar-refractivity contribution < 1.29 is 39.5 Å². The van der Waals surface area contributed by atoms with Crippen LogP contribution in [0.25, 0.3) is 0 Å². The molecule has 0 unspecified atom stereocenters. The summed E-state index contributed by atoms with van der Waals surface area (Å²) in [5.74, 6) is -0.881. The van der Waals surface area contributed by atoms with E-state index in [0.29, 0.717) is 36.3 Å². The van der Waals surface area contributed by atoms with Crippen LogP contribution < -0.4 is 14.4 Å². The van der Waals surface area contributed by atoms with Crippen molar-refractivity contribution in [3.8, 4) is 5.75 Å². The van der Waals surface area contributed by atoms with Crippen LogP contribution >= 0.6 is 11.6 Å². The quantitative estimate of drug-likeness (QED) is 0.335. The second-order valence-electron chi connectivity index (χ2n) is 9.36. The molecule has 1 heterocycles. The van der Waals surface area contributed by atoms with Gasteiger partial charge in [0, 0.05) is 13.1 Å². The normalized spacial score (nSPS) is 14.8. The molecule has 0 spiro atoms. The van der Waals surface area contributed by atoms with E-state index in [2.05, 4.69) is 5.32 Å². The number of methoxy groups -OCH3 is 1. The lowest BCUT2D eigenvalue weighted by atomic mass is 10.2. The van der Waals surface area contributed by atoms with Gasteiger partial charge in [-0.25, -0.2) is 16.8 Å². The van der Waals surface area contributed by atoms with E-state index < -0.39 is 54.9 Å². The number of hydrogen-bond donors (Lipinski definition) is 1. The molecule has 226 valence electrons. The molecule has 1 saturated heterocycles. The molecule has 42 heavy (non-hydrogen) atoms. The van der Waals surface area contributed by atoms with Gasteiger partial charge in [0.25, 0.3) is 10.0 Å². The Balaban J connectivity index is 1.71. The van der Waals surface area contributed by atoms with Gasteiger partial charge >= 0.3 is 6.18 Å². The van der Waals surface area contributed by atoms with E-state index in [0.717, 1.165) is 18.6 Å². The van der Waals surface area contributed by atoms with Crippen molar-refractivity contribution in [1.29, 1.82) is 0 Å². The van der Waals surface area contributed by atoms with E-state index in [4.69, 9.17) is 16.3 Å². The first-order chi connectivity index (χ1) is 19.7. The Labute approximate surface area is 246 Å². The Kier molecular flexibility index (Phi) is 9.40. The SMILES string of the molecule is COc1ccc(S(=O)(=O)N2CCCCC2)cc1NC(=O)CN(c1ccc(Cl)c(C(F)(F)F)c1)S(=O)(=O)c1ccccc1. The standard InChI is InChI=1S/C27H27ClF3N3O6S2/c1-40-25-13-11-21(41(36,37)33-14-6-3-7-15-33)17-24(25)32-26(35)18-34(42(38,39)20-8-4-2-5-9-20)19-10-12-23(28)22(16-19)27(29,30)31/h2,4-5,8-13,16-17H,3,6-7,14-15,18H2,1H3,(H,32,35). The number of amides is 1. The molecule has 4 rings (SSSR count). The van der Waals surface area contributed by atoms with Gasteiger partial charge in [-0.2, -0.15) is 17.5 Å². The van der Waals surface area contributed by atoms with Crippen molar-refractivity contribution in [1.82, 2.24) is 4.31 Å². The predicted octanol–water partition coefficient (Wildman–Crippen LogP) is 5.38. The fraction of sp³-hybridized carbons (Fsp3) is 0.296. The number of carbonyl (C=O) groups is 1. The first-order valence-electron chi connectivity index (χ1n) is 12.7. The largest absolute Gasteiger partial charge is 0.495 e. The van der Waals surface area contributed by atoms with Gasteiger partial charge in [-0.15, -0.1) is 0 Å². The van der Waals surface area contributed by atoms with E-state index in [9.17, 15) is 34.8 Å². The van der Waals surface area contributed by atoms with Gasteiger partial charge in [-0.05, 0) is 61.4 Å². The minimum atomic E-state index is -4.90. The molecule has 9 nitrogen and oxygen atoms in total. The highest BCUT2D eigenvalue weighted by Crippen LogP contribution is 2.38. The summed E-state index contributed by atoms with van der Waals surface area (Å²) in [6, 6.07) is 13.2. The second-order valence-corrected chi connectivity index (χ2v) is 13.6. The van der Waals surface area contributed by atoms with Crippen molar-refractivity contribution in [3.05, 3.63) is 77.3 Å². The number of anilines is 2. The van der Waals surface area contributed by atoms with Crippen LogP contribution in [-0.4, -0.2) is 53.8 Å². The van der Waals surface area contributed by atoms with E-state index >= 15 is 0 Å². The summed E-state index contributed by atoms with van der Waals surface area (Å²) in [5.41, 5.74) is -1.81. The van der Waals surface area contributed by atoms with Crippen LogP contribution in [-0.2, 0) is 31.0 Å².